The van der Waals surface area contributed by atoms with E-state index in [0.717, 1.165) is 13.0 Å². The topological polar surface area (TPSA) is 62.5 Å². The first-order valence-corrected chi connectivity index (χ1v) is 6.69. The molecule has 2 N–H and O–H groups in total. The van der Waals surface area contributed by atoms with Crippen molar-refractivity contribution in [1.82, 2.24) is 14.8 Å². The van der Waals surface area contributed by atoms with Crippen LogP contribution in [0.4, 0.5) is 5.82 Å². The van der Waals surface area contributed by atoms with Gasteiger partial charge in [-0.05, 0) is 32.6 Å². The minimum atomic E-state index is -0.166. The first-order valence-electron chi connectivity index (χ1n) is 6.31. The number of anilines is 1. The van der Waals surface area contributed by atoms with Gasteiger partial charge in [0, 0.05) is 19.6 Å². The number of carbonyl (C=O) groups excluding carboxylic acids is 1. The lowest BCUT2D eigenvalue weighted by Crippen LogP contribution is -2.37. The minimum Gasteiger partial charge on any atom is -0.384 e. The molecule has 5 nitrogen and oxygen atoms in total. The molecule has 1 amide bonds. The summed E-state index contributed by atoms with van der Waals surface area (Å²) in [5.41, 5.74) is 5.84. The van der Waals surface area contributed by atoms with Crippen molar-refractivity contribution in [3.8, 4) is 0 Å². The first-order chi connectivity index (χ1) is 8.95. The van der Waals surface area contributed by atoms with Crippen LogP contribution < -0.4 is 5.73 Å². The van der Waals surface area contributed by atoms with Crippen LogP contribution in [-0.4, -0.2) is 54.4 Å². The lowest BCUT2D eigenvalue weighted by atomic mass is 10.2. The molecule has 0 aliphatic carbocycles. The van der Waals surface area contributed by atoms with E-state index in [-0.39, 0.29) is 11.6 Å². The lowest BCUT2D eigenvalue weighted by molar-refractivity contribution is 0.0739. The third-order valence-electron chi connectivity index (χ3n) is 2.67. The van der Waals surface area contributed by atoms with Gasteiger partial charge in [0.05, 0.1) is 5.02 Å². The molecule has 1 aromatic rings. The van der Waals surface area contributed by atoms with Crippen molar-refractivity contribution in [1.29, 1.82) is 0 Å². The molecule has 0 radical (unpaired) electrons. The van der Waals surface area contributed by atoms with Gasteiger partial charge in [-0.25, -0.2) is 4.98 Å². The van der Waals surface area contributed by atoms with Gasteiger partial charge >= 0.3 is 0 Å². The molecule has 19 heavy (non-hydrogen) atoms. The van der Waals surface area contributed by atoms with Gasteiger partial charge in [0.2, 0.25) is 0 Å². The average molecular weight is 285 g/mol. The van der Waals surface area contributed by atoms with Crippen LogP contribution in [0, 0.1) is 0 Å². The molecule has 0 saturated heterocycles. The Morgan fingerprint density at radius 2 is 2.00 bits per heavy atom. The molecular formula is C13H21ClN4O. The molecule has 1 heterocycles. The molecule has 1 aromatic heterocycles. The van der Waals surface area contributed by atoms with Crippen molar-refractivity contribution >= 4 is 23.3 Å². The molecule has 0 aromatic carbocycles. The Hall–Kier alpha value is -1.33. The van der Waals surface area contributed by atoms with Crippen molar-refractivity contribution in [2.45, 2.75) is 13.3 Å². The number of hydrogen-bond donors (Lipinski definition) is 1. The van der Waals surface area contributed by atoms with Gasteiger partial charge in [-0.1, -0.05) is 18.5 Å². The third kappa shape index (κ3) is 4.69. The number of nitrogens with zero attached hydrogens (tertiary/aromatic N) is 3. The van der Waals surface area contributed by atoms with Gasteiger partial charge in [-0.2, -0.15) is 0 Å². The fourth-order valence-corrected chi connectivity index (χ4v) is 1.85. The number of amides is 1. The second kappa shape index (κ2) is 7.31. The zero-order valence-electron chi connectivity index (χ0n) is 11.7. The highest BCUT2D eigenvalue weighted by Gasteiger charge is 2.19. The van der Waals surface area contributed by atoms with Crippen LogP contribution in [-0.2, 0) is 0 Å². The zero-order chi connectivity index (χ0) is 14.4. The Labute approximate surface area is 119 Å². The second-order valence-electron chi connectivity index (χ2n) is 4.66. The third-order valence-corrected chi connectivity index (χ3v) is 2.97. The monoisotopic (exact) mass is 284 g/mol. The van der Waals surface area contributed by atoms with E-state index in [9.17, 15) is 4.79 Å². The highest BCUT2D eigenvalue weighted by Crippen LogP contribution is 2.17. The molecule has 106 valence electrons. The Kier molecular flexibility index (Phi) is 6.05. The molecule has 1 rings (SSSR count). The maximum atomic E-state index is 12.4. The number of nitrogens with two attached hydrogens (primary N) is 1. The van der Waals surface area contributed by atoms with E-state index in [1.807, 2.05) is 25.9 Å². The van der Waals surface area contributed by atoms with Crippen molar-refractivity contribution in [3.63, 3.8) is 0 Å². The van der Waals surface area contributed by atoms with Crippen LogP contribution in [0.2, 0.25) is 5.02 Å². The summed E-state index contributed by atoms with van der Waals surface area (Å²) in [5.74, 6) is 0.137. The van der Waals surface area contributed by atoms with E-state index in [4.69, 9.17) is 17.3 Å². The Morgan fingerprint density at radius 3 is 2.58 bits per heavy atom. The molecule has 0 spiro atoms. The van der Waals surface area contributed by atoms with E-state index in [1.54, 1.807) is 17.0 Å². The van der Waals surface area contributed by atoms with Crippen molar-refractivity contribution < 1.29 is 4.79 Å². The van der Waals surface area contributed by atoms with Gasteiger partial charge in [0.25, 0.3) is 5.91 Å². The van der Waals surface area contributed by atoms with E-state index < -0.39 is 0 Å². The quantitative estimate of drug-likeness (QED) is 0.864. The molecule has 0 saturated carbocycles. The van der Waals surface area contributed by atoms with Crippen LogP contribution >= 0.6 is 11.6 Å². The smallest absolute Gasteiger partial charge is 0.274 e. The summed E-state index contributed by atoms with van der Waals surface area (Å²) in [7, 11) is 3.95. The van der Waals surface area contributed by atoms with Crippen LogP contribution in [0.5, 0.6) is 0 Å². The molecular weight excluding hydrogens is 264 g/mol. The Morgan fingerprint density at radius 1 is 1.32 bits per heavy atom. The number of halogens is 1. The minimum absolute atomic E-state index is 0.166. The largest absolute Gasteiger partial charge is 0.384 e. The number of nitrogen functional groups attached to an aromatic ring is 1. The molecule has 0 fully saturated rings. The van der Waals surface area contributed by atoms with Gasteiger partial charge in [-0.3, -0.25) is 4.79 Å². The highest BCUT2D eigenvalue weighted by molar-refractivity contribution is 6.33. The van der Waals surface area contributed by atoms with Crippen molar-refractivity contribution in [3.05, 3.63) is 22.8 Å². The molecule has 0 aliphatic rings. The summed E-state index contributed by atoms with van der Waals surface area (Å²) in [6, 6.07) is 3.19. The predicted molar refractivity (Wildman–Crippen MR) is 78.4 cm³/mol. The molecule has 0 aliphatic heterocycles. The van der Waals surface area contributed by atoms with E-state index in [2.05, 4.69) is 4.98 Å². The van der Waals surface area contributed by atoms with Crippen LogP contribution in [0.1, 0.15) is 23.8 Å². The summed E-state index contributed by atoms with van der Waals surface area (Å²) in [5, 5.41) is 0.338. The van der Waals surface area contributed by atoms with Crippen LogP contribution in [0.25, 0.3) is 0 Å². The first kappa shape index (κ1) is 15.7. The van der Waals surface area contributed by atoms with Crippen molar-refractivity contribution in [2.24, 2.45) is 0 Å². The molecule has 6 heteroatoms. The molecule has 0 atom stereocenters. The number of hydrogen-bond acceptors (Lipinski definition) is 4. The number of rotatable bonds is 6. The summed E-state index contributed by atoms with van der Waals surface area (Å²) >= 11 is 6.02. The summed E-state index contributed by atoms with van der Waals surface area (Å²) in [4.78, 5) is 20.3. The standard InChI is InChI=1S/C13H21ClN4O/c1-4-7-18(9-8-17(2)3)13(19)12-10(14)5-6-11(15)16-12/h5-6H,4,7-9H2,1-3H3,(H2,15,16). The number of carbonyl (C=O) groups is 1. The average Bonchev–Trinajstić information content (AvgIpc) is 2.36. The SMILES string of the molecule is CCCN(CCN(C)C)C(=O)c1nc(N)ccc1Cl. The van der Waals surface area contributed by atoms with Gasteiger partial charge < -0.3 is 15.5 Å². The van der Waals surface area contributed by atoms with Crippen molar-refractivity contribution in [2.75, 3.05) is 39.5 Å². The molecule has 0 unspecified atom stereocenters. The predicted octanol–water partition coefficient (Wildman–Crippen LogP) is 1.73. The Bertz CT molecular complexity index is 437. The zero-order valence-corrected chi connectivity index (χ0v) is 12.4. The van der Waals surface area contributed by atoms with Gasteiger partial charge in [0.15, 0.2) is 0 Å². The van der Waals surface area contributed by atoms with Gasteiger partial charge in [-0.15, -0.1) is 0 Å². The number of pyridine rings is 1. The van der Waals surface area contributed by atoms with Gasteiger partial charge in [0.1, 0.15) is 11.5 Å². The van der Waals surface area contributed by atoms with Crippen LogP contribution in [0.15, 0.2) is 12.1 Å². The van der Waals surface area contributed by atoms with Crippen LogP contribution in [0.3, 0.4) is 0 Å². The highest BCUT2D eigenvalue weighted by atomic mass is 35.5. The Balaban J connectivity index is 2.88. The summed E-state index contributed by atoms with van der Waals surface area (Å²) < 4.78 is 0. The lowest BCUT2D eigenvalue weighted by Gasteiger charge is -2.24. The van der Waals surface area contributed by atoms with E-state index >= 15 is 0 Å². The summed E-state index contributed by atoms with van der Waals surface area (Å²) in [6.45, 7) is 4.15. The summed E-state index contributed by atoms with van der Waals surface area (Å²) in [6.07, 6.45) is 0.888. The number of likely N-dealkylation sites (N-methyl/N-ethyl adjacent to an activating group) is 1. The second-order valence-corrected chi connectivity index (χ2v) is 5.07. The maximum Gasteiger partial charge on any atom is 0.274 e. The van der Waals surface area contributed by atoms with E-state index in [1.165, 1.54) is 0 Å². The fourth-order valence-electron chi connectivity index (χ4n) is 1.66. The maximum absolute atomic E-state index is 12.4. The number of aromatic nitrogens is 1. The molecule has 0 bridgehead atoms. The normalized spacial score (nSPS) is 10.8. The van der Waals surface area contributed by atoms with E-state index in [0.29, 0.717) is 23.9 Å². The fraction of sp³-hybridized carbons (Fsp3) is 0.538.